The number of carbonyl (C=O) groups excluding carboxylic acids is 2. The zero-order chi connectivity index (χ0) is 18.0. The molecule has 3 rings (SSSR count). The lowest BCUT2D eigenvalue weighted by molar-refractivity contribution is 0.0535. The first-order chi connectivity index (χ1) is 12.0. The van der Waals surface area contributed by atoms with Crippen LogP contribution in [0.25, 0.3) is 0 Å². The van der Waals surface area contributed by atoms with Crippen LogP contribution in [-0.4, -0.2) is 47.8 Å². The molecule has 25 heavy (non-hydrogen) atoms. The summed E-state index contributed by atoms with van der Waals surface area (Å²) in [7, 11) is 0. The summed E-state index contributed by atoms with van der Waals surface area (Å²) >= 11 is 5.95. The van der Waals surface area contributed by atoms with Gasteiger partial charge < -0.3 is 20.0 Å². The van der Waals surface area contributed by atoms with Crippen LogP contribution >= 0.6 is 11.6 Å². The monoisotopic (exact) mass is 365 g/mol. The van der Waals surface area contributed by atoms with Crippen molar-refractivity contribution in [1.29, 1.82) is 0 Å². The van der Waals surface area contributed by atoms with Crippen LogP contribution < -0.4 is 5.73 Å². The highest BCUT2D eigenvalue weighted by atomic mass is 35.5. The maximum atomic E-state index is 13.1. The van der Waals surface area contributed by atoms with Crippen LogP contribution in [0.3, 0.4) is 0 Å². The molecule has 6 nitrogen and oxygen atoms in total. The molecule has 8 heteroatoms. The zero-order valence-electron chi connectivity index (χ0n) is 13.4. The Morgan fingerprint density at radius 2 is 1.76 bits per heavy atom. The van der Waals surface area contributed by atoms with Crippen LogP contribution in [0, 0.1) is 5.82 Å². The quantitative estimate of drug-likeness (QED) is 0.903. The van der Waals surface area contributed by atoms with E-state index in [1.807, 2.05) is 0 Å². The van der Waals surface area contributed by atoms with Crippen LogP contribution in [0.4, 0.5) is 4.39 Å². The van der Waals surface area contributed by atoms with Crippen LogP contribution in [0.1, 0.15) is 26.5 Å². The number of halogens is 2. The summed E-state index contributed by atoms with van der Waals surface area (Å²) in [6.45, 7) is 1.77. The summed E-state index contributed by atoms with van der Waals surface area (Å²) < 4.78 is 18.3. The van der Waals surface area contributed by atoms with E-state index in [0.717, 1.165) is 6.07 Å². The Labute approximate surface area is 148 Å². The van der Waals surface area contributed by atoms with E-state index in [1.54, 1.807) is 15.9 Å². The molecule has 1 aromatic carbocycles. The predicted molar refractivity (Wildman–Crippen MR) is 89.8 cm³/mol. The molecule has 0 saturated carbocycles. The first kappa shape index (κ1) is 17.4. The highest BCUT2D eigenvalue weighted by Gasteiger charge is 2.27. The Hall–Kier alpha value is -2.38. The molecule has 1 aliphatic rings. The third kappa shape index (κ3) is 3.67. The molecule has 0 spiro atoms. The first-order valence-corrected chi connectivity index (χ1v) is 8.18. The number of hydrogen-bond donors (Lipinski definition) is 1. The lowest BCUT2D eigenvalue weighted by Crippen LogP contribution is -2.50. The van der Waals surface area contributed by atoms with Gasteiger partial charge in [-0.15, -0.1) is 0 Å². The average Bonchev–Trinajstić information content (AvgIpc) is 3.10. The number of nitrogens with two attached hydrogens (primary N) is 1. The van der Waals surface area contributed by atoms with Crippen molar-refractivity contribution >= 4 is 23.4 Å². The van der Waals surface area contributed by atoms with Gasteiger partial charge in [0.15, 0.2) is 0 Å². The fourth-order valence-electron chi connectivity index (χ4n) is 2.73. The minimum atomic E-state index is -0.492. The van der Waals surface area contributed by atoms with Gasteiger partial charge in [0.1, 0.15) is 17.8 Å². The zero-order valence-corrected chi connectivity index (χ0v) is 14.1. The largest absolute Gasteiger partial charge is 0.467 e. The van der Waals surface area contributed by atoms with Gasteiger partial charge in [0.25, 0.3) is 11.8 Å². The molecule has 2 amide bonds. The van der Waals surface area contributed by atoms with E-state index >= 15 is 0 Å². The molecule has 0 atom stereocenters. The number of amides is 2. The number of nitrogens with zero attached hydrogens (tertiary/aromatic N) is 2. The van der Waals surface area contributed by atoms with E-state index in [1.165, 1.54) is 18.4 Å². The lowest BCUT2D eigenvalue weighted by Gasteiger charge is -2.34. The van der Waals surface area contributed by atoms with Gasteiger partial charge >= 0.3 is 0 Å². The van der Waals surface area contributed by atoms with Crippen molar-refractivity contribution < 1.29 is 18.4 Å². The van der Waals surface area contributed by atoms with E-state index in [4.69, 9.17) is 21.8 Å². The van der Waals surface area contributed by atoms with Gasteiger partial charge in [0, 0.05) is 26.2 Å². The molecule has 2 N–H and O–H groups in total. The predicted octanol–water partition coefficient (Wildman–Crippen LogP) is 2.13. The molecule has 1 saturated heterocycles. The van der Waals surface area contributed by atoms with Crippen LogP contribution in [0.2, 0.25) is 5.02 Å². The van der Waals surface area contributed by atoms with Crippen molar-refractivity contribution in [3.8, 4) is 0 Å². The van der Waals surface area contributed by atoms with E-state index in [2.05, 4.69) is 0 Å². The summed E-state index contributed by atoms with van der Waals surface area (Å²) in [5, 5.41) is 0.0798. The Morgan fingerprint density at radius 3 is 2.32 bits per heavy atom. The number of furan rings is 1. The molecule has 1 aliphatic heterocycles. The van der Waals surface area contributed by atoms with Gasteiger partial charge in [-0.05, 0) is 24.3 Å². The molecule has 0 aliphatic carbocycles. The fraction of sp³-hybridized carbons (Fsp3) is 0.294. The van der Waals surface area contributed by atoms with Crippen LogP contribution in [0.5, 0.6) is 0 Å². The molecule has 132 valence electrons. The molecule has 0 unspecified atom stereocenters. The second-order valence-corrected chi connectivity index (χ2v) is 6.12. The van der Waals surface area contributed by atoms with Crippen molar-refractivity contribution in [3.05, 3.63) is 58.3 Å². The number of rotatable bonds is 3. The SMILES string of the molecule is NCc1cc(C(=O)N2CCN(C(=O)c3ccc(F)cc3Cl)CC2)co1. The van der Waals surface area contributed by atoms with E-state index in [9.17, 15) is 14.0 Å². The van der Waals surface area contributed by atoms with Gasteiger partial charge in [0.2, 0.25) is 0 Å². The van der Waals surface area contributed by atoms with Gasteiger partial charge in [0.05, 0.1) is 22.7 Å². The smallest absolute Gasteiger partial charge is 0.257 e. The molecule has 0 radical (unpaired) electrons. The van der Waals surface area contributed by atoms with Crippen molar-refractivity contribution in [3.63, 3.8) is 0 Å². The summed E-state index contributed by atoms with van der Waals surface area (Å²) in [6.07, 6.45) is 1.39. The summed E-state index contributed by atoms with van der Waals surface area (Å²) in [6, 6.07) is 5.31. The second-order valence-electron chi connectivity index (χ2n) is 5.71. The Bertz CT molecular complexity index is 800. The summed E-state index contributed by atoms with van der Waals surface area (Å²) in [4.78, 5) is 28.2. The van der Waals surface area contributed by atoms with Gasteiger partial charge in [-0.2, -0.15) is 0 Å². The molecular formula is C17H17ClFN3O3. The van der Waals surface area contributed by atoms with E-state index in [-0.39, 0.29) is 28.9 Å². The Kier molecular flexibility index (Phi) is 5.06. The van der Waals surface area contributed by atoms with Crippen molar-refractivity contribution in [1.82, 2.24) is 9.80 Å². The molecule has 0 bridgehead atoms. The van der Waals surface area contributed by atoms with Gasteiger partial charge in [-0.1, -0.05) is 11.6 Å². The second kappa shape index (κ2) is 7.25. The van der Waals surface area contributed by atoms with Crippen LogP contribution in [-0.2, 0) is 6.54 Å². The lowest BCUT2D eigenvalue weighted by atomic mass is 10.1. The number of benzene rings is 1. The first-order valence-electron chi connectivity index (χ1n) is 7.80. The Balaban J connectivity index is 1.63. The van der Waals surface area contributed by atoms with Gasteiger partial charge in [-0.3, -0.25) is 9.59 Å². The van der Waals surface area contributed by atoms with Crippen molar-refractivity contribution in [2.45, 2.75) is 6.54 Å². The highest BCUT2D eigenvalue weighted by molar-refractivity contribution is 6.33. The van der Waals surface area contributed by atoms with Crippen molar-refractivity contribution in [2.24, 2.45) is 5.73 Å². The number of carbonyl (C=O) groups is 2. The van der Waals surface area contributed by atoms with E-state index < -0.39 is 5.82 Å². The fourth-order valence-corrected chi connectivity index (χ4v) is 2.98. The molecule has 1 aromatic heterocycles. The van der Waals surface area contributed by atoms with Crippen LogP contribution in [0.15, 0.2) is 34.9 Å². The molecule has 1 fully saturated rings. The average molecular weight is 366 g/mol. The maximum Gasteiger partial charge on any atom is 0.257 e. The minimum Gasteiger partial charge on any atom is -0.467 e. The van der Waals surface area contributed by atoms with Gasteiger partial charge in [-0.25, -0.2) is 4.39 Å². The third-order valence-electron chi connectivity index (χ3n) is 4.12. The summed E-state index contributed by atoms with van der Waals surface area (Å²) in [5.41, 5.74) is 6.17. The van der Waals surface area contributed by atoms with Crippen molar-refractivity contribution in [2.75, 3.05) is 26.2 Å². The summed E-state index contributed by atoms with van der Waals surface area (Å²) in [5.74, 6) is -0.377. The standard InChI is InChI=1S/C17H17ClFN3O3/c18-15-8-12(19)1-2-14(15)17(24)22-5-3-21(4-6-22)16(23)11-7-13(9-20)25-10-11/h1-2,7-8,10H,3-6,9,20H2. The third-order valence-corrected chi connectivity index (χ3v) is 4.43. The minimum absolute atomic E-state index is 0.0798. The molecular weight excluding hydrogens is 349 g/mol. The number of hydrogen-bond acceptors (Lipinski definition) is 4. The topological polar surface area (TPSA) is 79.8 Å². The maximum absolute atomic E-state index is 13.1. The number of piperazine rings is 1. The van der Waals surface area contributed by atoms with E-state index in [0.29, 0.717) is 37.5 Å². The normalized spacial score (nSPS) is 14.7. The Morgan fingerprint density at radius 1 is 1.12 bits per heavy atom. The highest BCUT2D eigenvalue weighted by Crippen LogP contribution is 2.20. The molecule has 2 aromatic rings. The molecule has 2 heterocycles.